The zero-order chi connectivity index (χ0) is 17.8. The van der Waals surface area contributed by atoms with Crippen molar-refractivity contribution in [2.24, 2.45) is 0 Å². The van der Waals surface area contributed by atoms with E-state index in [-0.39, 0.29) is 12.5 Å². The number of fused-ring (bicyclic) bond motifs is 3. The number of aryl methyl sites for hydroxylation is 1. The van der Waals surface area contributed by atoms with E-state index in [0.29, 0.717) is 22.8 Å². The molecule has 0 radical (unpaired) electrons. The van der Waals surface area contributed by atoms with Crippen LogP contribution < -0.4 is 0 Å². The third-order valence-electron chi connectivity index (χ3n) is 3.96. The average molecular weight is 350 g/mol. The Labute approximate surface area is 138 Å². The predicted molar refractivity (Wildman–Crippen MR) is 80.8 cm³/mol. The maximum absolute atomic E-state index is 12.8. The summed E-state index contributed by atoms with van der Waals surface area (Å²) < 4.78 is 41.2. The minimum atomic E-state index is -4.46. The largest absolute Gasteiger partial charge is 0.435 e. The molecule has 0 aliphatic carbocycles. The normalized spacial score (nSPS) is 13.8. The smallest absolute Gasteiger partial charge is 0.269 e. The van der Waals surface area contributed by atoms with E-state index in [1.54, 1.807) is 13.1 Å². The molecule has 0 amide bonds. The van der Waals surface area contributed by atoms with Crippen LogP contribution in [0.5, 0.6) is 0 Å². The molecular weight excluding hydrogens is 337 g/mol. The van der Waals surface area contributed by atoms with Gasteiger partial charge in [-0.2, -0.15) is 23.4 Å². The van der Waals surface area contributed by atoms with Crippen molar-refractivity contribution in [1.29, 1.82) is 0 Å². The number of rotatable bonds is 3. The summed E-state index contributed by atoms with van der Waals surface area (Å²) in [7, 11) is 0. The Morgan fingerprint density at radius 2 is 2.08 bits per heavy atom. The van der Waals surface area contributed by atoms with Crippen LogP contribution >= 0.6 is 0 Å². The minimum Gasteiger partial charge on any atom is -0.269 e. The number of aromatic amines is 1. The quantitative estimate of drug-likeness (QED) is 0.612. The van der Waals surface area contributed by atoms with Gasteiger partial charge in [0, 0.05) is 11.6 Å². The summed E-state index contributed by atoms with van der Waals surface area (Å²) >= 11 is 0. The Kier molecular flexibility index (Phi) is 3.27. The summed E-state index contributed by atoms with van der Waals surface area (Å²) in [4.78, 5) is 8.65. The molecule has 4 aromatic rings. The Balaban J connectivity index is 1.66. The first kappa shape index (κ1) is 15.5. The number of nitrogens with one attached hydrogen (secondary N) is 1. The van der Waals surface area contributed by atoms with Crippen LogP contribution in [0.15, 0.2) is 18.6 Å². The lowest BCUT2D eigenvalue weighted by molar-refractivity contribution is -0.141. The van der Waals surface area contributed by atoms with E-state index in [0.717, 1.165) is 11.5 Å². The molecule has 130 valence electrons. The van der Waals surface area contributed by atoms with E-state index in [9.17, 15) is 13.2 Å². The molecule has 4 aromatic heterocycles. The fourth-order valence-corrected chi connectivity index (χ4v) is 2.64. The maximum atomic E-state index is 12.8. The van der Waals surface area contributed by atoms with Crippen LogP contribution in [0.2, 0.25) is 0 Å². The van der Waals surface area contributed by atoms with Crippen LogP contribution in [0.25, 0.3) is 16.7 Å². The zero-order valence-corrected chi connectivity index (χ0v) is 13.3. The summed E-state index contributed by atoms with van der Waals surface area (Å²) in [5.74, 6) is 0.264. The molecule has 8 nitrogen and oxygen atoms in total. The highest BCUT2D eigenvalue weighted by Crippen LogP contribution is 2.29. The van der Waals surface area contributed by atoms with Crippen LogP contribution in [0.1, 0.15) is 30.1 Å². The molecule has 0 aromatic carbocycles. The monoisotopic (exact) mass is 350 g/mol. The van der Waals surface area contributed by atoms with Gasteiger partial charge in [0.05, 0.1) is 18.1 Å². The second kappa shape index (κ2) is 5.26. The zero-order valence-electron chi connectivity index (χ0n) is 13.3. The van der Waals surface area contributed by atoms with Crippen molar-refractivity contribution in [1.82, 2.24) is 39.6 Å². The van der Waals surface area contributed by atoms with Crippen LogP contribution in [0.4, 0.5) is 13.2 Å². The molecule has 25 heavy (non-hydrogen) atoms. The summed E-state index contributed by atoms with van der Waals surface area (Å²) in [5, 5.41) is 15.4. The van der Waals surface area contributed by atoms with Gasteiger partial charge in [-0.1, -0.05) is 6.92 Å². The van der Waals surface area contributed by atoms with Gasteiger partial charge < -0.3 is 0 Å². The van der Waals surface area contributed by atoms with Crippen LogP contribution in [-0.2, 0) is 12.7 Å². The van der Waals surface area contributed by atoms with Gasteiger partial charge in [0.25, 0.3) is 0 Å². The molecule has 4 heterocycles. The number of aromatic nitrogens is 8. The average Bonchev–Trinajstić information content (AvgIpc) is 3.23. The first-order valence-corrected chi connectivity index (χ1v) is 7.49. The Bertz CT molecular complexity index is 1060. The molecule has 0 saturated heterocycles. The van der Waals surface area contributed by atoms with Gasteiger partial charge in [0.2, 0.25) is 0 Å². The highest BCUT2D eigenvalue weighted by molar-refractivity contribution is 5.87. The highest BCUT2D eigenvalue weighted by atomic mass is 19.4. The minimum absolute atomic E-state index is 0.235. The van der Waals surface area contributed by atoms with Gasteiger partial charge in [-0.15, -0.1) is 5.10 Å². The number of hydrogen-bond donors (Lipinski definition) is 1. The van der Waals surface area contributed by atoms with E-state index in [4.69, 9.17) is 0 Å². The van der Waals surface area contributed by atoms with E-state index in [1.165, 1.54) is 15.5 Å². The molecule has 4 rings (SSSR count). The number of halogens is 3. The number of hydrogen-bond acceptors (Lipinski definition) is 5. The third-order valence-corrected chi connectivity index (χ3v) is 3.96. The molecule has 1 atom stereocenters. The van der Waals surface area contributed by atoms with Gasteiger partial charge in [-0.25, -0.2) is 14.5 Å². The van der Waals surface area contributed by atoms with E-state index in [2.05, 4.69) is 30.4 Å². The molecule has 0 aliphatic rings. The molecule has 0 saturated carbocycles. The van der Waals surface area contributed by atoms with E-state index >= 15 is 0 Å². The van der Waals surface area contributed by atoms with Crippen molar-refractivity contribution in [3.8, 4) is 0 Å². The fourth-order valence-electron chi connectivity index (χ4n) is 2.64. The first-order valence-electron chi connectivity index (χ1n) is 7.49. The molecular formula is C14H13F3N8. The van der Waals surface area contributed by atoms with Crippen LogP contribution in [0.3, 0.4) is 0 Å². The molecule has 0 fully saturated rings. The van der Waals surface area contributed by atoms with Gasteiger partial charge in [0.1, 0.15) is 6.33 Å². The topological polar surface area (TPSA) is 89.6 Å². The lowest BCUT2D eigenvalue weighted by Crippen LogP contribution is -2.12. The number of alkyl halides is 3. The van der Waals surface area contributed by atoms with Gasteiger partial charge >= 0.3 is 6.18 Å². The standard InChI is InChI=1S/C14H13F3N8/c1-7(5-24-8(2)3-10(22-24)14(15,16)17)11-20-13-9-4-19-21-12(9)18-6-25(13)23-11/h3-4,6-7H,5H2,1-2H3,(H,19,21). The van der Waals surface area contributed by atoms with Crippen LogP contribution in [0, 0.1) is 6.92 Å². The van der Waals surface area contributed by atoms with Crippen molar-refractivity contribution in [2.45, 2.75) is 32.5 Å². The lowest BCUT2D eigenvalue weighted by atomic mass is 10.1. The molecule has 0 aliphatic heterocycles. The van der Waals surface area contributed by atoms with E-state index in [1.807, 2.05) is 6.92 Å². The Hall–Kier alpha value is -2.98. The number of H-pyrrole nitrogens is 1. The van der Waals surface area contributed by atoms with Crippen molar-refractivity contribution in [3.63, 3.8) is 0 Å². The molecule has 1 unspecified atom stereocenters. The van der Waals surface area contributed by atoms with Crippen molar-refractivity contribution < 1.29 is 13.2 Å². The second-order valence-corrected chi connectivity index (χ2v) is 5.87. The molecule has 1 N–H and O–H groups in total. The molecule has 11 heteroatoms. The summed E-state index contributed by atoms with van der Waals surface area (Å²) in [6.07, 6.45) is -1.34. The molecule has 0 spiro atoms. The van der Waals surface area contributed by atoms with Crippen molar-refractivity contribution in [3.05, 3.63) is 35.8 Å². The van der Waals surface area contributed by atoms with Gasteiger partial charge in [-0.05, 0) is 13.0 Å². The van der Waals surface area contributed by atoms with Gasteiger partial charge in [0.15, 0.2) is 22.8 Å². The maximum Gasteiger partial charge on any atom is 0.435 e. The Morgan fingerprint density at radius 3 is 2.80 bits per heavy atom. The summed E-state index contributed by atoms with van der Waals surface area (Å²) in [6, 6.07) is 1.03. The van der Waals surface area contributed by atoms with Gasteiger partial charge in [-0.3, -0.25) is 9.78 Å². The fraction of sp³-hybridized carbons (Fsp3) is 0.357. The van der Waals surface area contributed by atoms with Crippen molar-refractivity contribution in [2.75, 3.05) is 0 Å². The number of nitrogens with zero attached hydrogens (tertiary/aromatic N) is 7. The summed E-state index contributed by atoms with van der Waals surface area (Å²) in [5.41, 5.74) is 0.719. The first-order chi connectivity index (χ1) is 11.8. The summed E-state index contributed by atoms with van der Waals surface area (Å²) in [6.45, 7) is 3.66. The second-order valence-electron chi connectivity index (χ2n) is 5.87. The van der Waals surface area contributed by atoms with Crippen molar-refractivity contribution >= 4 is 16.7 Å². The Morgan fingerprint density at radius 1 is 1.28 bits per heavy atom. The highest BCUT2D eigenvalue weighted by Gasteiger charge is 2.34. The predicted octanol–water partition coefficient (Wildman–Crippen LogP) is 2.33. The SMILES string of the molecule is Cc1cc(C(F)(F)F)nn1CC(C)c1nc2c3cn[nH]c3ncn2n1. The molecule has 0 bridgehead atoms. The lowest BCUT2D eigenvalue weighted by Gasteiger charge is -2.09. The third kappa shape index (κ3) is 2.61. The van der Waals surface area contributed by atoms with Crippen LogP contribution in [-0.4, -0.2) is 39.6 Å². The van der Waals surface area contributed by atoms with E-state index < -0.39 is 11.9 Å².